The van der Waals surface area contributed by atoms with Crippen molar-refractivity contribution >= 4 is 55.9 Å². The molecule has 194 valence electrons. The van der Waals surface area contributed by atoms with Gasteiger partial charge < -0.3 is 19.3 Å². The van der Waals surface area contributed by atoms with Crippen LogP contribution in [-0.4, -0.2) is 60.6 Å². The molecule has 2 aliphatic heterocycles. The summed E-state index contributed by atoms with van der Waals surface area (Å²) in [5.74, 6) is 2.07. The summed E-state index contributed by atoms with van der Waals surface area (Å²) in [6.45, 7) is 4.97. The first-order valence-electron chi connectivity index (χ1n) is 12.0. The molecular formula is C25H26Br2FN7O2. The van der Waals surface area contributed by atoms with E-state index in [4.69, 9.17) is 14.5 Å². The normalized spacial score (nSPS) is 16.0. The largest absolute Gasteiger partial charge is 0.487 e. The molecule has 3 aromatic rings. The van der Waals surface area contributed by atoms with Crippen molar-refractivity contribution in [2.75, 3.05) is 54.6 Å². The van der Waals surface area contributed by atoms with Gasteiger partial charge in [-0.05, 0) is 80.1 Å². The van der Waals surface area contributed by atoms with Crippen LogP contribution in [0.1, 0.15) is 24.0 Å². The summed E-state index contributed by atoms with van der Waals surface area (Å²) in [5.41, 5.74) is 4.68. The lowest BCUT2D eigenvalue weighted by Gasteiger charge is -2.27. The minimum Gasteiger partial charge on any atom is -0.487 e. The molecular weight excluding hydrogens is 609 g/mol. The second-order valence-corrected chi connectivity index (χ2v) is 10.4. The lowest BCUT2D eigenvalue weighted by atomic mass is 10.2. The number of ether oxygens (including phenoxy) is 2. The lowest BCUT2D eigenvalue weighted by molar-refractivity contribution is 0.122. The smallest absolute Gasteiger partial charge is 0.250 e. The quantitative estimate of drug-likeness (QED) is 0.274. The number of aromatic nitrogens is 3. The molecule has 0 amide bonds. The number of hydrogen-bond donors (Lipinski definition) is 1. The van der Waals surface area contributed by atoms with E-state index in [9.17, 15) is 4.39 Å². The Morgan fingerprint density at radius 2 is 1.57 bits per heavy atom. The number of halogens is 3. The third-order valence-electron chi connectivity index (χ3n) is 5.99. The Labute approximate surface area is 231 Å². The molecule has 2 fully saturated rings. The highest BCUT2D eigenvalue weighted by Gasteiger charge is 2.21. The van der Waals surface area contributed by atoms with Crippen molar-refractivity contribution in [2.45, 2.75) is 19.4 Å². The molecule has 2 aromatic carbocycles. The van der Waals surface area contributed by atoms with Gasteiger partial charge >= 0.3 is 0 Å². The van der Waals surface area contributed by atoms with E-state index in [1.807, 2.05) is 12.1 Å². The zero-order chi connectivity index (χ0) is 25.6. The van der Waals surface area contributed by atoms with E-state index >= 15 is 0 Å². The van der Waals surface area contributed by atoms with E-state index < -0.39 is 0 Å². The Morgan fingerprint density at radius 3 is 2.22 bits per heavy atom. The number of hydrazone groups is 1. The molecule has 0 unspecified atom stereocenters. The van der Waals surface area contributed by atoms with Crippen LogP contribution in [0.25, 0.3) is 0 Å². The number of benzene rings is 2. The number of morpholine rings is 1. The summed E-state index contributed by atoms with van der Waals surface area (Å²) in [5, 5.41) is 4.37. The van der Waals surface area contributed by atoms with Crippen LogP contribution < -0.4 is 20.0 Å². The molecule has 1 aromatic heterocycles. The van der Waals surface area contributed by atoms with E-state index in [-0.39, 0.29) is 5.82 Å². The molecule has 5 rings (SSSR count). The van der Waals surface area contributed by atoms with Crippen LogP contribution in [0.4, 0.5) is 22.2 Å². The molecule has 0 bridgehead atoms. The standard InChI is InChI=1S/C25H26Br2FN7O2/c26-20-13-18(14-21(27)22(20)37-16-17-3-5-19(28)6-4-17)15-29-33-23-30-24(34-7-1-2-8-34)32-25(31-23)35-9-11-36-12-10-35/h3-6,13-15H,1-2,7-12,16H2,(H,30,31,32,33)/b29-15+. The summed E-state index contributed by atoms with van der Waals surface area (Å²) in [6, 6.07) is 10.0. The number of hydrogen-bond acceptors (Lipinski definition) is 9. The van der Waals surface area contributed by atoms with E-state index in [1.54, 1.807) is 18.3 Å². The first kappa shape index (κ1) is 25.8. The molecule has 0 spiro atoms. The SMILES string of the molecule is Fc1ccc(COc2c(Br)cc(/C=N/Nc3nc(N4CCCC4)nc(N4CCOCC4)n3)cc2Br)cc1. The van der Waals surface area contributed by atoms with E-state index in [1.165, 1.54) is 12.1 Å². The first-order valence-corrected chi connectivity index (χ1v) is 13.6. The van der Waals surface area contributed by atoms with Crippen molar-refractivity contribution in [3.8, 4) is 5.75 Å². The van der Waals surface area contributed by atoms with Gasteiger partial charge in [-0.25, -0.2) is 9.82 Å². The van der Waals surface area contributed by atoms with E-state index in [0.29, 0.717) is 43.4 Å². The maximum absolute atomic E-state index is 13.1. The van der Waals surface area contributed by atoms with E-state index in [0.717, 1.165) is 59.1 Å². The van der Waals surface area contributed by atoms with Gasteiger partial charge in [0, 0.05) is 26.2 Å². The molecule has 12 heteroatoms. The van der Waals surface area contributed by atoms with Crippen LogP contribution in [0.15, 0.2) is 50.4 Å². The second-order valence-electron chi connectivity index (χ2n) is 8.65. The molecule has 37 heavy (non-hydrogen) atoms. The number of nitrogens with zero attached hydrogens (tertiary/aromatic N) is 6. The maximum atomic E-state index is 13.1. The predicted molar refractivity (Wildman–Crippen MR) is 148 cm³/mol. The average Bonchev–Trinajstić information content (AvgIpc) is 3.45. The zero-order valence-electron chi connectivity index (χ0n) is 20.0. The highest BCUT2D eigenvalue weighted by molar-refractivity contribution is 9.11. The zero-order valence-corrected chi connectivity index (χ0v) is 23.2. The summed E-state index contributed by atoms with van der Waals surface area (Å²) in [6.07, 6.45) is 3.95. The third-order valence-corrected chi connectivity index (χ3v) is 7.17. The van der Waals surface area contributed by atoms with Crippen molar-refractivity contribution in [2.24, 2.45) is 5.10 Å². The molecule has 3 heterocycles. The summed E-state index contributed by atoms with van der Waals surface area (Å²) in [7, 11) is 0. The van der Waals surface area contributed by atoms with Gasteiger partial charge in [-0.3, -0.25) is 0 Å². The third kappa shape index (κ3) is 6.74. The average molecular weight is 635 g/mol. The van der Waals surface area contributed by atoms with Crippen molar-refractivity contribution in [1.29, 1.82) is 0 Å². The fourth-order valence-electron chi connectivity index (χ4n) is 4.06. The Hall–Kier alpha value is -2.83. The molecule has 0 radical (unpaired) electrons. The van der Waals surface area contributed by atoms with Crippen LogP contribution in [-0.2, 0) is 11.3 Å². The van der Waals surface area contributed by atoms with Crippen LogP contribution in [0, 0.1) is 5.82 Å². The minimum atomic E-state index is -0.273. The van der Waals surface area contributed by atoms with Gasteiger partial charge in [0.25, 0.3) is 0 Å². The van der Waals surface area contributed by atoms with Gasteiger partial charge in [0.05, 0.1) is 28.4 Å². The van der Waals surface area contributed by atoms with Crippen molar-refractivity contribution in [3.05, 3.63) is 62.3 Å². The van der Waals surface area contributed by atoms with Gasteiger partial charge in [-0.2, -0.15) is 20.1 Å². The highest BCUT2D eigenvalue weighted by Crippen LogP contribution is 2.35. The number of anilines is 3. The molecule has 0 aliphatic carbocycles. The van der Waals surface area contributed by atoms with Gasteiger partial charge in [-0.15, -0.1) is 0 Å². The number of nitrogens with one attached hydrogen (secondary N) is 1. The van der Waals surface area contributed by atoms with Crippen LogP contribution >= 0.6 is 31.9 Å². The van der Waals surface area contributed by atoms with Crippen LogP contribution in [0.3, 0.4) is 0 Å². The summed E-state index contributed by atoms with van der Waals surface area (Å²) < 4.78 is 26.1. The topological polar surface area (TPSA) is 88.0 Å². The van der Waals surface area contributed by atoms with Gasteiger partial charge in [0.2, 0.25) is 17.8 Å². The molecule has 1 N–H and O–H groups in total. The lowest BCUT2D eigenvalue weighted by Crippen LogP contribution is -2.38. The molecule has 2 aliphatic rings. The fraction of sp³-hybridized carbons (Fsp3) is 0.360. The van der Waals surface area contributed by atoms with Crippen molar-refractivity contribution in [3.63, 3.8) is 0 Å². The highest BCUT2D eigenvalue weighted by atomic mass is 79.9. The molecule has 0 saturated carbocycles. The Bertz CT molecular complexity index is 1230. The van der Waals surface area contributed by atoms with Gasteiger partial charge in [0.1, 0.15) is 18.2 Å². The molecule has 0 atom stereocenters. The number of rotatable bonds is 8. The first-order chi connectivity index (χ1) is 18.0. The maximum Gasteiger partial charge on any atom is 0.250 e. The molecule has 9 nitrogen and oxygen atoms in total. The van der Waals surface area contributed by atoms with E-state index in [2.05, 4.69) is 62.2 Å². The second kappa shape index (κ2) is 12.1. The Balaban J connectivity index is 1.28. The van der Waals surface area contributed by atoms with Crippen molar-refractivity contribution < 1.29 is 13.9 Å². The Morgan fingerprint density at radius 1 is 0.946 bits per heavy atom. The minimum absolute atomic E-state index is 0.273. The van der Waals surface area contributed by atoms with Gasteiger partial charge in [-0.1, -0.05) is 12.1 Å². The van der Waals surface area contributed by atoms with Crippen molar-refractivity contribution in [1.82, 2.24) is 15.0 Å². The summed E-state index contributed by atoms with van der Waals surface area (Å²) >= 11 is 7.14. The molecule has 2 saturated heterocycles. The monoisotopic (exact) mass is 633 g/mol. The summed E-state index contributed by atoms with van der Waals surface area (Å²) in [4.78, 5) is 18.2. The van der Waals surface area contributed by atoms with Gasteiger partial charge in [0.15, 0.2) is 0 Å². The fourth-order valence-corrected chi connectivity index (χ4v) is 5.51. The van der Waals surface area contributed by atoms with Crippen LogP contribution in [0.2, 0.25) is 0 Å². The van der Waals surface area contributed by atoms with Crippen LogP contribution in [0.5, 0.6) is 5.75 Å². The Kier molecular flexibility index (Phi) is 8.47. The predicted octanol–water partition coefficient (Wildman–Crippen LogP) is 5.00.